The van der Waals surface area contributed by atoms with E-state index in [1.165, 1.54) is 22.2 Å². The van der Waals surface area contributed by atoms with Crippen LogP contribution >= 0.6 is 27.3 Å². The lowest BCUT2D eigenvalue weighted by atomic mass is 9.68. The van der Waals surface area contributed by atoms with Crippen molar-refractivity contribution in [3.05, 3.63) is 20.8 Å². The smallest absolute Gasteiger partial charge is 0.0834 e. The van der Waals surface area contributed by atoms with Crippen LogP contribution in [0.1, 0.15) is 51.3 Å². The maximum atomic E-state index is 6.10. The van der Waals surface area contributed by atoms with Crippen molar-refractivity contribution < 1.29 is 4.74 Å². The summed E-state index contributed by atoms with van der Waals surface area (Å²) in [7, 11) is 1.89. The molecule has 0 saturated heterocycles. The van der Waals surface area contributed by atoms with Crippen LogP contribution in [-0.4, -0.2) is 25.3 Å². The van der Waals surface area contributed by atoms with Gasteiger partial charge in [-0.25, -0.2) is 0 Å². The first-order valence-corrected chi connectivity index (χ1v) is 9.60. The van der Waals surface area contributed by atoms with Gasteiger partial charge in [0.25, 0.3) is 0 Å². The van der Waals surface area contributed by atoms with Gasteiger partial charge in [-0.1, -0.05) is 20.8 Å². The number of thiophene rings is 1. The van der Waals surface area contributed by atoms with Gasteiger partial charge >= 0.3 is 0 Å². The highest BCUT2D eigenvalue weighted by molar-refractivity contribution is 9.10. The molecule has 0 bridgehead atoms. The standard InChI is InChI=1S/C17H28BrNOS/c1-5-19-15(12-14-13(18)6-11-21-14)17(20-4)9-7-16(2,3)8-10-17/h6,11,15,19H,5,7-10,12H2,1-4H3. The van der Waals surface area contributed by atoms with Crippen molar-refractivity contribution in [1.82, 2.24) is 5.32 Å². The Hall–Kier alpha value is 0.1000. The lowest BCUT2D eigenvalue weighted by Gasteiger charge is -2.47. The number of ether oxygens (including phenoxy) is 1. The average molecular weight is 374 g/mol. The molecule has 0 aliphatic heterocycles. The molecule has 1 fully saturated rings. The molecule has 21 heavy (non-hydrogen) atoms. The van der Waals surface area contributed by atoms with Gasteiger partial charge < -0.3 is 10.1 Å². The zero-order valence-electron chi connectivity index (χ0n) is 13.7. The summed E-state index contributed by atoms with van der Waals surface area (Å²) in [5.74, 6) is 0. The van der Waals surface area contributed by atoms with Gasteiger partial charge in [-0.15, -0.1) is 11.3 Å². The van der Waals surface area contributed by atoms with Crippen LogP contribution < -0.4 is 5.32 Å². The zero-order chi connectivity index (χ0) is 15.5. The highest BCUT2D eigenvalue weighted by Gasteiger charge is 2.44. The molecular weight excluding hydrogens is 346 g/mol. The van der Waals surface area contributed by atoms with Crippen LogP contribution in [0.3, 0.4) is 0 Å². The second kappa shape index (κ2) is 7.12. The second-order valence-electron chi connectivity index (χ2n) is 6.94. The zero-order valence-corrected chi connectivity index (χ0v) is 16.1. The number of nitrogens with one attached hydrogen (secondary N) is 1. The lowest BCUT2D eigenvalue weighted by Crippen LogP contribution is -2.55. The Bertz CT molecular complexity index is 447. The monoisotopic (exact) mass is 373 g/mol. The summed E-state index contributed by atoms with van der Waals surface area (Å²) in [4.78, 5) is 1.42. The summed E-state index contributed by atoms with van der Waals surface area (Å²) in [6.07, 6.45) is 5.83. The van der Waals surface area contributed by atoms with Crippen molar-refractivity contribution in [3.63, 3.8) is 0 Å². The first kappa shape index (κ1) is 17.5. The molecule has 1 aliphatic carbocycles. The summed E-state index contributed by atoms with van der Waals surface area (Å²) in [5.41, 5.74) is 0.442. The van der Waals surface area contributed by atoms with E-state index in [0.29, 0.717) is 11.5 Å². The van der Waals surface area contributed by atoms with Gasteiger partial charge in [-0.05, 0) is 65.0 Å². The molecule has 0 amide bonds. The molecule has 2 nitrogen and oxygen atoms in total. The van der Waals surface area contributed by atoms with E-state index in [-0.39, 0.29) is 5.60 Å². The highest BCUT2D eigenvalue weighted by Crippen LogP contribution is 2.44. The van der Waals surface area contributed by atoms with Crippen LogP contribution in [-0.2, 0) is 11.2 Å². The number of rotatable bonds is 6. The molecule has 1 aliphatic rings. The number of methoxy groups -OCH3 is 1. The van der Waals surface area contributed by atoms with E-state index in [1.54, 1.807) is 0 Å². The molecule has 1 N–H and O–H groups in total. The molecule has 0 radical (unpaired) electrons. The fourth-order valence-corrected chi connectivity index (χ4v) is 4.95. The van der Waals surface area contributed by atoms with E-state index < -0.39 is 0 Å². The third-order valence-corrected chi connectivity index (χ3v) is 6.97. The van der Waals surface area contributed by atoms with E-state index >= 15 is 0 Å². The predicted octanol–water partition coefficient (Wildman–Crippen LogP) is 5.02. The molecule has 1 aromatic rings. The van der Waals surface area contributed by atoms with Crippen molar-refractivity contribution in [1.29, 1.82) is 0 Å². The normalized spacial score (nSPS) is 22.1. The number of halogens is 1. The molecule has 1 saturated carbocycles. The number of hydrogen-bond donors (Lipinski definition) is 1. The van der Waals surface area contributed by atoms with Crippen LogP contribution in [0.2, 0.25) is 0 Å². The van der Waals surface area contributed by atoms with Crippen LogP contribution in [0.15, 0.2) is 15.9 Å². The van der Waals surface area contributed by atoms with Crippen molar-refractivity contribution in [2.24, 2.45) is 5.41 Å². The topological polar surface area (TPSA) is 21.3 Å². The SMILES string of the molecule is CCNC(Cc1sccc1Br)C1(OC)CCC(C)(C)CC1. The third-order valence-electron chi connectivity index (χ3n) is 5.02. The minimum absolute atomic E-state index is 0.0189. The molecule has 1 aromatic heterocycles. The van der Waals surface area contributed by atoms with Crippen molar-refractivity contribution in [2.45, 2.75) is 64.5 Å². The fraction of sp³-hybridized carbons (Fsp3) is 0.765. The fourth-order valence-electron chi connectivity index (χ4n) is 3.39. The molecule has 1 unspecified atom stereocenters. The van der Waals surface area contributed by atoms with Crippen molar-refractivity contribution in [3.8, 4) is 0 Å². The molecule has 120 valence electrons. The lowest BCUT2D eigenvalue weighted by molar-refractivity contribution is -0.0857. The molecule has 0 aromatic carbocycles. The van der Waals surface area contributed by atoms with Gasteiger partial charge in [0.1, 0.15) is 0 Å². The first-order chi connectivity index (χ1) is 9.92. The first-order valence-electron chi connectivity index (χ1n) is 7.93. The van der Waals surface area contributed by atoms with Crippen LogP contribution in [0.5, 0.6) is 0 Å². The van der Waals surface area contributed by atoms with E-state index in [9.17, 15) is 0 Å². The molecule has 2 rings (SSSR count). The van der Waals surface area contributed by atoms with E-state index in [0.717, 1.165) is 25.8 Å². The van der Waals surface area contributed by atoms with E-state index in [1.807, 2.05) is 18.4 Å². The summed E-state index contributed by atoms with van der Waals surface area (Å²) >= 11 is 5.50. The van der Waals surface area contributed by atoms with Gasteiger partial charge in [0, 0.05) is 28.9 Å². The van der Waals surface area contributed by atoms with Gasteiger partial charge in [0.2, 0.25) is 0 Å². The molecular formula is C17H28BrNOS. The largest absolute Gasteiger partial charge is 0.377 e. The molecule has 1 heterocycles. The van der Waals surface area contributed by atoms with Crippen molar-refractivity contribution >= 4 is 27.3 Å². The van der Waals surface area contributed by atoms with Gasteiger partial charge in [0.05, 0.1) is 5.60 Å². The predicted molar refractivity (Wildman–Crippen MR) is 95.2 cm³/mol. The Balaban J connectivity index is 2.17. The molecule has 0 spiro atoms. The Morgan fingerprint density at radius 1 is 1.33 bits per heavy atom. The summed E-state index contributed by atoms with van der Waals surface area (Å²) in [5, 5.41) is 5.86. The Morgan fingerprint density at radius 3 is 2.48 bits per heavy atom. The summed E-state index contributed by atoms with van der Waals surface area (Å²) in [6, 6.07) is 2.53. The van der Waals surface area contributed by atoms with E-state index in [2.05, 4.69) is 53.5 Å². The average Bonchev–Trinajstić information content (AvgIpc) is 2.85. The van der Waals surface area contributed by atoms with Crippen LogP contribution in [0.4, 0.5) is 0 Å². The minimum atomic E-state index is -0.0189. The Morgan fingerprint density at radius 2 is 2.00 bits per heavy atom. The number of likely N-dealkylation sites (N-methyl/N-ethyl adjacent to an activating group) is 1. The Labute approximate surface area is 141 Å². The van der Waals surface area contributed by atoms with Gasteiger partial charge in [-0.3, -0.25) is 0 Å². The number of hydrogen-bond acceptors (Lipinski definition) is 3. The van der Waals surface area contributed by atoms with Crippen LogP contribution in [0.25, 0.3) is 0 Å². The van der Waals surface area contributed by atoms with Gasteiger partial charge in [0.15, 0.2) is 0 Å². The van der Waals surface area contributed by atoms with E-state index in [4.69, 9.17) is 4.74 Å². The minimum Gasteiger partial charge on any atom is -0.377 e. The quantitative estimate of drug-likeness (QED) is 0.755. The van der Waals surface area contributed by atoms with Gasteiger partial charge in [-0.2, -0.15) is 0 Å². The maximum absolute atomic E-state index is 6.10. The second-order valence-corrected chi connectivity index (χ2v) is 8.79. The third kappa shape index (κ3) is 4.10. The summed E-state index contributed by atoms with van der Waals surface area (Å²) < 4.78 is 7.34. The molecule has 4 heteroatoms. The van der Waals surface area contributed by atoms with Crippen molar-refractivity contribution in [2.75, 3.05) is 13.7 Å². The summed E-state index contributed by atoms with van der Waals surface area (Å²) in [6.45, 7) is 7.93. The maximum Gasteiger partial charge on any atom is 0.0834 e. The molecule has 1 atom stereocenters. The van der Waals surface area contributed by atoms with Crippen LogP contribution in [0, 0.1) is 5.41 Å². The Kier molecular flexibility index (Phi) is 5.91. The highest BCUT2D eigenvalue weighted by atomic mass is 79.9.